The molecule has 1 aromatic heterocycles. The van der Waals surface area contributed by atoms with Crippen molar-refractivity contribution in [3.63, 3.8) is 0 Å². The van der Waals surface area contributed by atoms with Gasteiger partial charge in [0.1, 0.15) is 0 Å². The number of amides is 1. The summed E-state index contributed by atoms with van der Waals surface area (Å²) >= 11 is 5.88. The number of nitrogens with zero attached hydrogens (tertiary/aromatic N) is 2. The largest absolute Gasteiger partial charge is 0.478 e. The first-order valence-corrected chi connectivity index (χ1v) is 10.3. The molecular weight excluding hydrogens is 459 g/mol. The van der Waals surface area contributed by atoms with Gasteiger partial charge in [-0.15, -0.1) is 0 Å². The van der Waals surface area contributed by atoms with Crippen LogP contribution in [-0.4, -0.2) is 26.8 Å². The predicted octanol–water partition coefficient (Wildman–Crippen LogP) is 5.18. The number of aromatic nitrogens is 2. The highest BCUT2D eigenvalue weighted by molar-refractivity contribution is 6.30. The zero-order chi connectivity index (χ0) is 24.5. The van der Waals surface area contributed by atoms with Gasteiger partial charge < -0.3 is 10.4 Å². The lowest BCUT2D eigenvalue weighted by Gasteiger charge is -2.18. The van der Waals surface area contributed by atoms with Crippen LogP contribution in [0.15, 0.2) is 42.5 Å². The summed E-state index contributed by atoms with van der Waals surface area (Å²) in [6, 6.07) is 10.2. The lowest BCUT2D eigenvalue weighted by molar-refractivity contribution is -0.144. The van der Waals surface area contributed by atoms with Crippen LogP contribution in [0, 0.1) is 6.92 Å². The van der Waals surface area contributed by atoms with E-state index >= 15 is 0 Å². The van der Waals surface area contributed by atoms with Gasteiger partial charge in [0.15, 0.2) is 5.69 Å². The Labute approximate surface area is 193 Å². The van der Waals surface area contributed by atoms with Crippen LogP contribution in [0.4, 0.5) is 13.2 Å². The summed E-state index contributed by atoms with van der Waals surface area (Å²) in [6.45, 7) is 3.28. The molecule has 10 heteroatoms. The first-order chi connectivity index (χ1) is 15.4. The van der Waals surface area contributed by atoms with Crippen molar-refractivity contribution in [3.05, 3.63) is 86.7 Å². The van der Waals surface area contributed by atoms with Crippen molar-refractivity contribution < 1.29 is 27.9 Å². The van der Waals surface area contributed by atoms with Crippen LogP contribution in [0.5, 0.6) is 0 Å². The molecule has 0 fully saturated rings. The highest BCUT2D eigenvalue weighted by atomic mass is 35.5. The van der Waals surface area contributed by atoms with Crippen LogP contribution in [0.3, 0.4) is 0 Å². The summed E-state index contributed by atoms with van der Waals surface area (Å²) in [5, 5.41) is 16.2. The third-order valence-corrected chi connectivity index (χ3v) is 5.48. The Bertz CT molecular complexity index is 1200. The Balaban J connectivity index is 1.97. The number of carbonyl (C=O) groups is 2. The molecule has 0 unspecified atom stereocenters. The molecule has 0 saturated carbocycles. The van der Waals surface area contributed by atoms with Gasteiger partial charge in [0.05, 0.1) is 22.9 Å². The Morgan fingerprint density at radius 2 is 1.82 bits per heavy atom. The Hall–Kier alpha value is -3.33. The fourth-order valence-electron chi connectivity index (χ4n) is 3.70. The number of carboxylic acids is 1. The summed E-state index contributed by atoms with van der Waals surface area (Å²) < 4.78 is 42.1. The van der Waals surface area contributed by atoms with Gasteiger partial charge in [-0.3, -0.25) is 9.48 Å². The second-order valence-corrected chi connectivity index (χ2v) is 8.10. The van der Waals surface area contributed by atoms with Crippen LogP contribution < -0.4 is 5.32 Å². The van der Waals surface area contributed by atoms with E-state index in [2.05, 4.69) is 10.4 Å². The number of rotatable bonds is 6. The minimum atomic E-state index is -4.80. The van der Waals surface area contributed by atoms with E-state index < -0.39 is 35.4 Å². The minimum absolute atomic E-state index is 0.00452. The number of aromatic carboxylic acids is 1. The molecule has 1 atom stereocenters. The summed E-state index contributed by atoms with van der Waals surface area (Å²) in [6.07, 6.45) is -4.79. The van der Waals surface area contributed by atoms with Crippen LogP contribution in [0.1, 0.15) is 61.8 Å². The van der Waals surface area contributed by atoms with Crippen LogP contribution in [0.2, 0.25) is 5.02 Å². The van der Waals surface area contributed by atoms with Gasteiger partial charge in [-0.2, -0.15) is 18.3 Å². The first kappa shape index (κ1) is 24.3. The van der Waals surface area contributed by atoms with E-state index in [1.807, 2.05) is 0 Å². The number of halogens is 4. The molecule has 0 aliphatic heterocycles. The number of hydrogen-bond acceptors (Lipinski definition) is 3. The third kappa shape index (κ3) is 5.36. The molecule has 0 spiro atoms. The van der Waals surface area contributed by atoms with Crippen LogP contribution >= 0.6 is 11.6 Å². The number of hydrogen-bond donors (Lipinski definition) is 2. The molecule has 6 nitrogen and oxygen atoms in total. The molecule has 3 aromatic rings. The van der Waals surface area contributed by atoms with E-state index in [0.29, 0.717) is 26.4 Å². The van der Waals surface area contributed by atoms with Gasteiger partial charge in [-0.05, 0) is 54.8 Å². The number of aryl methyl sites for hydroxylation is 2. The Morgan fingerprint density at radius 3 is 2.36 bits per heavy atom. The fraction of sp³-hybridized carbons (Fsp3) is 0.261. The smallest absolute Gasteiger partial charge is 0.433 e. The van der Waals surface area contributed by atoms with E-state index in [0.717, 1.165) is 7.05 Å². The molecule has 2 aromatic carbocycles. The van der Waals surface area contributed by atoms with Gasteiger partial charge in [0.2, 0.25) is 0 Å². The molecule has 174 valence electrons. The van der Waals surface area contributed by atoms with Crippen molar-refractivity contribution in [1.29, 1.82) is 0 Å². The molecule has 0 saturated heterocycles. The third-order valence-electron chi connectivity index (χ3n) is 5.23. The van der Waals surface area contributed by atoms with Crippen molar-refractivity contribution in [2.45, 2.75) is 32.5 Å². The predicted molar refractivity (Wildman–Crippen MR) is 116 cm³/mol. The van der Waals surface area contributed by atoms with Gasteiger partial charge in [0, 0.05) is 18.5 Å². The first-order valence-electron chi connectivity index (χ1n) is 9.90. The second kappa shape index (κ2) is 9.27. The highest BCUT2D eigenvalue weighted by Crippen LogP contribution is 2.34. The van der Waals surface area contributed by atoms with Crippen LogP contribution in [-0.2, 0) is 19.6 Å². The van der Waals surface area contributed by atoms with Crippen molar-refractivity contribution in [3.8, 4) is 0 Å². The molecule has 0 bridgehead atoms. The molecular formula is C23H21ClF3N3O3. The van der Waals surface area contributed by atoms with E-state index in [1.54, 1.807) is 38.1 Å². The topological polar surface area (TPSA) is 84.2 Å². The SMILES string of the molecule is Cc1cc(C(=O)O)ccc1[C@H](C)NC(=O)c1c(Cc2ccc(Cl)cc2)nn(C)c1C(F)(F)F. The van der Waals surface area contributed by atoms with Gasteiger partial charge in [-0.1, -0.05) is 29.8 Å². The van der Waals surface area contributed by atoms with Gasteiger partial charge in [0.25, 0.3) is 5.91 Å². The molecule has 0 aliphatic rings. The molecule has 2 N–H and O–H groups in total. The zero-order valence-electron chi connectivity index (χ0n) is 18.0. The molecule has 1 heterocycles. The number of alkyl halides is 3. The number of carbonyl (C=O) groups excluding carboxylic acids is 1. The quantitative estimate of drug-likeness (QED) is 0.510. The van der Waals surface area contributed by atoms with E-state index in [1.165, 1.54) is 18.2 Å². The minimum Gasteiger partial charge on any atom is -0.478 e. The van der Waals surface area contributed by atoms with Crippen LogP contribution in [0.25, 0.3) is 0 Å². The van der Waals surface area contributed by atoms with Gasteiger partial charge >= 0.3 is 12.1 Å². The summed E-state index contributed by atoms with van der Waals surface area (Å²) in [5.74, 6) is -2.02. The highest BCUT2D eigenvalue weighted by Gasteiger charge is 2.41. The van der Waals surface area contributed by atoms with Gasteiger partial charge in [-0.25, -0.2) is 4.79 Å². The van der Waals surface area contributed by atoms with Crippen molar-refractivity contribution in [2.75, 3.05) is 0 Å². The summed E-state index contributed by atoms with van der Waals surface area (Å²) in [7, 11) is 1.14. The van der Waals surface area contributed by atoms with E-state index in [4.69, 9.17) is 16.7 Å². The maximum atomic E-state index is 13.8. The monoisotopic (exact) mass is 479 g/mol. The van der Waals surface area contributed by atoms with Crippen molar-refractivity contribution in [2.24, 2.45) is 7.05 Å². The lowest BCUT2D eigenvalue weighted by atomic mass is 9.99. The maximum absolute atomic E-state index is 13.8. The lowest BCUT2D eigenvalue weighted by Crippen LogP contribution is -2.30. The normalized spacial score (nSPS) is 12.5. The average Bonchev–Trinajstić information content (AvgIpc) is 3.05. The summed E-state index contributed by atoms with van der Waals surface area (Å²) in [4.78, 5) is 24.2. The van der Waals surface area contributed by atoms with Crippen molar-refractivity contribution in [1.82, 2.24) is 15.1 Å². The molecule has 3 rings (SSSR count). The average molecular weight is 480 g/mol. The zero-order valence-corrected chi connectivity index (χ0v) is 18.8. The number of benzene rings is 2. The Morgan fingerprint density at radius 1 is 1.18 bits per heavy atom. The standard InChI is InChI=1S/C23H21ClF3N3O3/c1-12-10-15(22(32)33)6-9-17(12)13(2)28-21(31)19-18(11-14-4-7-16(24)8-5-14)29-30(3)20(19)23(25,26)27/h4-10,13H,11H2,1-3H3,(H,28,31)(H,32,33)/t13-/m0/s1. The maximum Gasteiger partial charge on any atom is 0.433 e. The summed E-state index contributed by atoms with van der Waals surface area (Å²) in [5.41, 5.74) is 0.187. The molecule has 0 aliphatic carbocycles. The second-order valence-electron chi connectivity index (χ2n) is 7.67. The molecule has 33 heavy (non-hydrogen) atoms. The Kier molecular flexibility index (Phi) is 6.83. The molecule has 1 amide bonds. The van der Waals surface area contributed by atoms with E-state index in [-0.39, 0.29) is 17.7 Å². The molecule has 0 radical (unpaired) electrons. The number of carboxylic acid groups (broad SMARTS) is 1. The number of nitrogens with one attached hydrogen (secondary N) is 1. The van der Waals surface area contributed by atoms with Crippen molar-refractivity contribution >= 4 is 23.5 Å². The fourth-order valence-corrected chi connectivity index (χ4v) is 3.83. The van der Waals surface area contributed by atoms with E-state index in [9.17, 15) is 22.8 Å².